The summed E-state index contributed by atoms with van der Waals surface area (Å²) in [5, 5.41) is 12.2. The second-order valence-electron chi connectivity index (χ2n) is 9.74. The van der Waals surface area contributed by atoms with Gasteiger partial charge in [-0.2, -0.15) is 0 Å². The number of aromatic nitrogens is 5. The SMILES string of the molecule is CN(CCN(C)c1ncc(C(=O)NO)cn1)c1ccc(Nc2nc(-c3ccc4c(c3)CN=C4)cn3ccnc23)cc1. The first-order valence-electron chi connectivity index (χ1n) is 13.0. The quantitative estimate of drug-likeness (QED) is 0.187. The fourth-order valence-corrected chi connectivity index (χ4v) is 4.59. The third-order valence-electron chi connectivity index (χ3n) is 6.99. The zero-order chi connectivity index (χ0) is 28.3. The highest BCUT2D eigenvalue weighted by Gasteiger charge is 2.14. The summed E-state index contributed by atoms with van der Waals surface area (Å²) in [5.41, 5.74) is 8.69. The van der Waals surface area contributed by atoms with Crippen molar-refractivity contribution in [3.8, 4) is 11.3 Å². The van der Waals surface area contributed by atoms with Crippen molar-refractivity contribution in [2.45, 2.75) is 6.54 Å². The largest absolute Gasteiger partial charge is 0.373 e. The fraction of sp³-hybridized carbons (Fsp3) is 0.172. The number of hydrogen-bond donors (Lipinski definition) is 3. The van der Waals surface area contributed by atoms with Gasteiger partial charge >= 0.3 is 0 Å². The summed E-state index contributed by atoms with van der Waals surface area (Å²) in [6, 6.07) is 14.4. The molecule has 0 aliphatic carbocycles. The number of imidazole rings is 1. The Bertz CT molecular complexity index is 1730. The van der Waals surface area contributed by atoms with Crippen LogP contribution in [0.4, 0.5) is 23.1 Å². The van der Waals surface area contributed by atoms with Crippen LogP contribution in [0.3, 0.4) is 0 Å². The number of hydroxylamine groups is 1. The van der Waals surface area contributed by atoms with E-state index >= 15 is 0 Å². The molecule has 0 atom stereocenters. The number of hydrogen-bond acceptors (Lipinski definition) is 10. The van der Waals surface area contributed by atoms with Crippen LogP contribution in [0, 0.1) is 0 Å². The highest BCUT2D eigenvalue weighted by molar-refractivity contribution is 5.92. The van der Waals surface area contributed by atoms with Crippen LogP contribution in [0.2, 0.25) is 0 Å². The van der Waals surface area contributed by atoms with Crippen molar-refractivity contribution in [3.63, 3.8) is 0 Å². The molecule has 0 saturated carbocycles. The van der Waals surface area contributed by atoms with Crippen molar-refractivity contribution < 1.29 is 10.0 Å². The van der Waals surface area contributed by atoms with Gasteiger partial charge in [0.15, 0.2) is 11.5 Å². The molecule has 2 aromatic carbocycles. The van der Waals surface area contributed by atoms with E-state index in [2.05, 4.69) is 48.4 Å². The van der Waals surface area contributed by atoms with E-state index in [1.54, 1.807) is 11.7 Å². The lowest BCUT2D eigenvalue weighted by Crippen LogP contribution is -2.31. The summed E-state index contributed by atoms with van der Waals surface area (Å²) in [6.45, 7) is 2.08. The van der Waals surface area contributed by atoms with Gasteiger partial charge in [-0.25, -0.2) is 25.4 Å². The van der Waals surface area contributed by atoms with E-state index < -0.39 is 5.91 Å². The van der Waals surface area contributed by atoms with Gasteiger partial charge < -0.3 is 19.5 Å². The average molecular weight is 549 g/mol. The summed E-state index contributed by atoms with van der Waals surface area (Å²) in [5.74, 6) is 0.513. The number of carbonyl (C=O) groups excluding carboxylic acids is 1. The molecule has 1 aliphatic heterocycles. The van der Waals surface area contributed by atoms with E-state index in [0.717, 1.165) is 40.4 Å². The smallest absolute Gasteiger partial charge is 0.277 e. The molecule has 6 rings (SSSR count). The first-order chi connectivity index (χ1) is 20.0. The van der Waals surface area contributed by atoms with Crippen LogP contribution in [-0.2, 0) is 6.54 Å². The second-order valence-corrected chi connectivity index (χ2v) is 9.74. The van der Waals surface area contributed by atoms with Crippen LogP contribution in [0.25, 0.3) is 16.9 Å². The van der Waals surface area contributed by atoms with Gasteiger partial charge in [0.05, 0.1) is 17.8 Å². The van der Waals surface area contributed by atoms with Crippen molar-refractivity contribution in [2.75, 3.05) is 42.3 Å². The van der Waals surface area contributed by atoms with Crippen LogP contribution in [0.1, 0.15) is 21.5 Å². The van der Waals surface area contributed by atoms with Gasteiger partial charge in [-0.1, -0.05) is 12.1 Å². The molecule has 5 aromatic rings. The molecule has 0 fully saturated rings. The molecule has 12 heteroatoms. The standard InChI is InChI=1S/C29H28N10O2/c1-37(11-12-38(2)29-32-16-22(17-33-29)28(40)36-41)24-7-5-23(6-8-24)34-26-27-31-9-10-39(27)18-25(35-26)19-3-4-20-14-30-15-21(20)13-19/h3-10,13-14,16-18,41H,11-12,15H2,1-2H3,(H,34,35)(H,36,40). The number of likely N-dealkylation sites (N-methyl/N-ethyl adjacent to an activating group) is 2. The summed E-state index contributed by atoms with van der Waals surface area (Å²) in [6.07, 6.45) is 10.3. The summed E-state index contributed by atoms with van der Waals surface area (Å²) in [4.78, 5) is 37.7. The first kappa shape index (κ1) is 25.9. The lowest BCUT2D eigenvalue weighted by molar-refractivity contribution is 0.0705. The van der Waals surface area contributed by atoms with Gasteiger partial charge in [0.2, 0.25) is 5.95 Å². The minimum Gasteiger partial charge on any atom is -0.373 e. The normalized spacial score (nSPS) is 11.9. The van der Waals surface area contributed by atoms with Crippen molar-refractivity contribution in [1.29, 1.82) is 0 Å². The minimum absolute atomic E-state index is 0.184. The molecule has 0 unspecified atom stereocenters. The van der Waals surface area contributed by atoms with E-state index in [-0.39, 0.29) is 5.56 Å². The number of aliphatic imine (C=N–C) groups is 1. The molecule has 41 heavy (non-hydrogen) atoms. The maximum Gasteiger partial charge on any atom is 0.277 e. The molecule has 3 aromatic heterocycles. The van der Waals surface area contributed by atoms with Gasteiger partial charge in [-0.15, -0.1) is 0 Å². The average Bonchev–Trinajstić information content (AvgIpc) is 3.69. The number of anilines is 4. The molecule has 1 amide bonds. The number of carbonyl (C=O) groups is 1. The Hall–Kier alpha value is -5.36. The Morgan fingerprint density at radius 1 is 1.02 bits per heavy atom. The van der Waals surface area contributed by atoms with Crippen molar-refractivity contribution in [2.24, 2.45) is 4.99 Å². The number of benzene rings is 2. The Kier molecular flexibility index (Phi) is 6.96. The molecule has 0 bridgehead atoms. The van der Waals surface area contributed by atoms with Gasteiger partial charge in [0.25, 0.3) is 5.91 Å². The predicted octanol–water partition coefficient (Wildman–Crippen LogP) is 3.55. The second kappa shape index (κ2) is 11.0. The summed E-state index contributed by atoms with van der Waals surface area (Å²) < 4.78 is 1.98. The van der Waals surface area contributed by atoms with Crippen molar-refractivity contribution in [3.05, 3.63) is 90.1 Å². The van der Waals surface area contributed by atoms with Crippen LogP contribution < -0.4 is 20.6 Å². The number of rotatable bonds is 9. The van der Waals surface area contributed by atoms with Crippen LogP contribution >= 0.6 is 0 Å². The molecule has 1 aliphatic rings. The highest BCUT2D eigenvalue weighted by Crippen LogP contribution is 2.28. The van der Waals surface area contributed by atoms with E-state index in [1.165, 1.54) is 18.0 Å². The van der Waals surface area contributed by atoms with E-state index in [4.69, 9.17) is 10.2 Å². The maximum absolute atomic E-state index is 11.5. The topological polar surface area (TPSA) is 136 Å². The Morgan fingerprint density at radius 3 is 2.59 bits per heavy atom. The molecule has 0 saturated heterocycles. The Labute approximate surface area is 236 Å². The van der Waals surface area contributed by atoms with Crippen LogP contribution in [-0.4, -0.2) is 68.9 Å². The van der Waals surface area contributed by atoms with E-state index in [9.17, 15) is 4.79 Å². The Morgan fingerprint density at radius 2 is 1.80 bits per heavy atom. The number of amides is 1. The van der Waals surface area contributed by atoms with Crippen LogP contribution in [0.15, 0.2) is 78.4 Å². The minimum atomic E-state index is -0.649. The molecular weight excluding hydrogens is 520 g/mol. The third-order valence-corrected chi connectivity index (χ3v) is 6.99. The van der Waals surface area contributed by atoms with Crippen molar-refractivity contribution in [1.82, 2.24) is 29.8 Å². The van der Waals surface area contributed by atoms with Crippen LogP contribution in [0.5, 0.6) is 0 Å². The highest BCUT2D eigenvalue weighted by atomic mass is 16.5. The molecule has 206 valence electrons. The van der Waals surface area contributed by atoms with Crippen molar-refractivity contribution >= 4 is 40.9 Å². The number of fused-ring (bicyclic) bond motifs is 2. The predicted molar refractivity (Wildman–Crippen MR) is 157 cm³/mol. The zero-order valence-corrected chi connectivity index (χ0v) is 22.6. The zero-order valence-electron chi connectivity index (χ0n) is 22.6. The number of nitrogens with zero attached hydrogens (tertiary/aromatic N) is 8. The van der Waals surface area contributed by atoms with Gasteiger partial charge in [0.1, 0.15) is 0 Å². The molecule has 0 spiro atoms. The first-order valence-corrected chi connectivity index (χ1v) is 13.0. The lowest BCUT2D eigenvalue weighted by atomic mass is 10.0. The third kappa shape index (κ3) is 5.40. The molecule has 4 heterocycles. The monoisotopic (exact) mass is 548 g/mol. The molecule has 3 N–H and O–H groups in total. The summed E-state index contributed by atoms with van der Waals surface area (Å²) >= 11 is 0. The van der Waals surface area contributed by atoms with Gasteiger partial charge in [0, 0.05) is 81.3 Å². The van der Waals surface area contributed by atoms with Gasteiger partial charge in [-0.3, -0.25) is 15.0 Å². The maximum atomic E-state index is 11.5. The van der Waals surface area contributed by atoms with E-state index in [0.29, 0.717) is 24.9 Å². The molecule has 12 nitrogen and oxygen atoms in total. The fourth-order valence-electron chi connectivity index (χ4n) is 4.59. The molecular formula is C29H28N10O2. The molecule has 0 radical (unpaired) electrons. The Balaban J connectivity index is 1.12. The lowest BCUT2D eigenvalue weighted by Gasteiger charge is -2.24. The summed E-state index contributed by atoms with van der Waals surface area (Å²) in [7, 11) is 3.91. The number of nitrogens with one attached hydrogen (secondary N) is 2. The van der Waals surface area contributed by atoms with Gasteiger partial charge in [-0.05, 0) is 41.5 Å². The van der Waals surface area contributed by atoms with E-state index in [1.807, 2.05) is 66.3 Å².